The molecule has 3 nitrogen and oxygen atoms in total. The molecular formula is C18H35NO2. The second kappa shape index (κ2) is 7.94. The van der Waals surface area contributed by atoms with E-state index in [1.54, 1.807) is 0 Å². The van der Waals surface area contributed by atoms with E-state index >= 15 is 0 Å². The standard InChI is InChI=1S/C18H35NO2/c1-18(2,3)15-7-9-17(10-8-15)21-14-16(20)13-19-11-5-4-6-12-19/h15-17,20H,4-14H2,1-3H3. The van der Waals surface area contributed by atoms with Crippen molar-refractivity contribution in [3.8, 4) is 0 Å². The number of piperidine rings is 1. The minimum Gasteiger partial charge on any atom is -0.389 e. The predicted octanol–water partition coefficient (Wildman–Crippen LogP) is 3.45. The van der Waals surface area contributed by atoms with E-state index < -0.39 is 0 Å². The number of aliphatic hydroxyl groups excluding tert-OH is 1. The Morgan fingerprint density at radius 2 is 1.67 bits per heavy atom. The van der Waals surface area contributed by atoms with Crippen molar-refractivity contribution in [1.29, 1.82) is 0 Å². The van der Waals surface area contributed by atoms with Crippen LogP contribution in [-0.4, -0.2) is 48.5 Å². The van der Waals surface area contributed by atoms with Crippen molar-refractivity contribution in [1.82, 2.24) is 4.90 Å². The van der Waals surface area contributed by atoms with Crippen molar-refractivity contribution < 1.29 is 9.84 Å². The lowest BCUT2D eigenvalue weighted by Crippen LogP contribution is -2.39. The third-order valence-corrected chi connectivity index (χ3v) is 5.34. The second-order valence-corrected chi connectivity index (χ2v) is 8.19. The van der Waals surface area contributed by atoms with Crippen molar-refractivity contribution in [2.75, 3.05) is 26.2 Å². The zero-order valence-corrected chi connectivity index (χ0v) is 14.3. The Kier molecular flexibility index (Phi) is 6.51. The van der Waals surface area contributed by atoms with E-state index in [9.17, 15) is 5.11 Å². The molecule has 1 heterocycles. The van der Waals surface area contributed by atoms with Crippen LogP contribution >= 0.6 is 0 Å². The first-order chi connectivity index (χ1) is 9.95. The largest absolute Gasteiger partial charge is 0.389 e. The monoisotopic (exact) mass is 297 g/mol. The van der Waals surface area contributed by atoms with E-state index in [-0.39, 0.29) is 6.10 Å². The van der Waals surface area contributed by atoms with E-state index in [1.165, 1.54) is 44.9 Å². The SMILES string of the molecule is CC(C)(C)C1CCC(OCC(O)CN2CCCCC2)CC1. The fourth-order valence-electron chi connectivity index (χ4n) is 3.84. The summed E-state index contributed by atoms with van der Waals surface area (Å²) in [5.41, 5.74) is 0.429. The van der Waals surface area contributed by atoms with Gasteiger partial charge in [-0.15, -0.1) is 0 Å². The number of nitrogens with zero attached hydrogens (tertiary/aromatic N) is 1. The van der Waals surface area contributed by atoms with Crippen LogP contribution in [-0.2, 0) is 4.74 Å². The highest BCUT2D eigenvalue weighted by molar-refractivity contribution is 4.81. The summed E-state index contributed by atoms with van der Waals surface area (Å²) < 4.78 is 5.97. The Hall–Kier alpha value is -0.120. The van der Waals surface area contributed by atoms with Gasteiger partial charge < -0.3 is 14.7 Å². The summed E-state index contributed by atoms with van der Waals surface area (Å²) in [6, 6.07) is 0. The fourth-order valence-corrected chi connectivity index (χ4v) is 3.84. The lowest BCUT2D eigenvalue weighted by molar-refractivity contribution is -0.0454. The molecule has 1 N–H and O–H groups in total. The van der Waals surface area contributed by atoms with Gasteiger partial charge in [-0.25, -0.2) is 0 Å². The summed E-state index contributed by atoms with van der Waals surface area (Å²) in [6.07, 6.45) is 8.85. The smallest absolute Gasteiger partial charge is 0.0900 e. The fraction of sp³-hybridized carbons (Fsp3) is 1.00. The summed E-state index contributed by atoms with van der Waals surface area (Å²) >= 11 is 0. The minimum atomic E-state index is -0.316. The molecule has 0 aromatic carbocycles. The zero-order chi connectivity index (χ0) is 15.3. The van der Waals surface area contributed by atoms with E-state index in [0.717, 1.165) is 25.6 Å². The van der Waals surface area contributed by atoms with Crippen LogP contribution in [0.2, 0.25) is 0 Å². The predicted molar refractivity (Wildman–Crippen MR) is 87.5 cm³/mol. The second-order valence-electron chi connectivity index (χ2n) is 8.19. The van der Waals surface area contributed by atoms with Crippen LogP contribution in [0.3, 0.4) is 0 Å². The molecule has 0 radical (unpaired) electrons. The average molecular weight is 297 g/mol. The lowest BCUT2D eigenvalue weighted by atomic mass is 9.72. The average Bonchev–Trinajstić information content (AvgIpc) is 2.46. The van der Waals surface area contributed by atoms with Gasteiger partial charge in [0.05, 0.1) is 18.8 Å². The first-order valence-corrected chi connectivity index (χ1v) is 8.97. The number of rotatable bonds is 5. The van der Waals surface area contributed by atoms with Gasteiger partial charge in [-0.3, -0.25) is 0 Å². The first-order valence-electron chi connectivity index (χ1n) is 8.97. The maximum absolute atomic E-state index is 10.1. The lowest BCUT2D eigenvalue weighted by Gasteiger charge is -2.37. The molecule has 1 unspecified atom stereocenters. The van der Waals surface area contributed by atoms with Crippen molar-refractivity contribution in [3.63, 3.8) is 0 Å². The van der Waals surface area contributed by atoms with Crippen LogP contribution in [0.15, 0.2) is 0 Å². The zero-order valence-electron chi connectivity index (χ0n) is 14.3. The van der Waals surface area contributed by atoms with Crippen LogP contribution in [0.5, 0.6) is 0 Å². The van der Waals surface area contributed by atoms with E-state index in [0.29, 0.717) is 18.1 Å². The Labute approximate surface area is 131 Å². The maximum Gasteiger partial charge on any atom is 0.0900 e. The van der Waals surface area contributed by atoms with Gasteiger partial charge >= 0.3 is 0 Å². The van der Waals surface area contributed by atoms with Crippen LogP contribution in [0, 0.1) is 11.3 Å². The number of likely N-dealkylation sites (tertiary alicyclic amines) is 1. The van der Waals surface area contributed by atoms with Gasteiger partial charge in [-0.1, -0.05) is 27.2 Å². The Bertz CT molecular complexity index is 286. The molecule has 2 aliphatic rings. The number of β-amino-alcohol motifs (C(OH)–C–C–N with tert-alkyl or cyclic N) is 1. The minimum absolute atomic E-state index is 0.316. The number of hydrogen-bond donors (Lipinski definition) is 1. The molecule has 0 aromatic rings. The van der Waals surface area contributed by atoms with Crippen LogP contribution in [0.4, 0.5) is 0 Å². The van der Waals surface area contributed by atoms with Crippen molar-refractivity contribution in [2.45, 2.75) is 77.9 Å². The molecule has 124 valence electrons. The summed E-state index contributed by atoms with van der Waals surface area (Å²) in [7, 11) is 0. The number of aliphatic hydroxyl groups is 1. The van der Waals surface area contributed by atoms with Crippen LogP contribution < -0.4 is 0 Å². The Morgan fingerprint density at radius 1 is 1.05 bits per heavy atom. The Morgan fingerprint density at radius 3 is 2.24 bits per heavy atom. The number of ether oxygens (including phenoxy) is 1. The van der Waals surface area contributed by atoms with Gasteiger partial charge in [0.15, 0.2) is 0 Å². The highest BCUT2D eigenvalue weighted by atomic mass is 16.5. The van der Waals surface area contributed by atoms with Gasteiger partial charge in [0, 0.05) is 6.54 Å². The molecule has 0 bridgehead atoms. The summed E-state index contributed by atoms with van der Waals surface area (Å²) in [4.78, 5) is 2.38. The summed E-state index contributed by atoms with van der Waals surface area (Å²) in [5, 5.41) is 10.1. The first kappa shape index (κ1) is 17.2. The molecule has 21 heavy (non-hydrogen) atoms. The molecule has 0 aromatic heterocycles. The molecule has 1 atom stereocenters. The van der Waals surface area contributed by atoms with Gasteiger partial charge in [0.2, 0.25) is 0 Å². The van der Waals surface area contributed by atoms with Crippen molar-refractivity contribution in [2.24, 2.45) is 11.3 Å². The highest BCUT2D eigenvalue weighted by Crippen LogP contribution is 2.38. The van der Waals surface area contributed by atoms with Gasteiger partial charge in [-0.2, -0.15) is 0 Å². The molecule has 1 saturated heterocycles. The topological polar surface area (TPSA) is 32.7 Å². The van der Waals surface area contributed by atoms with Gasteiger partial charge in [0.1, 0.15) is 0 Å². The third-order valence-electron chi connectivity index (χ3n) is 5.34. The summed E-state index contributed by atoms with van der Waals surface area (Å²) in [5.74, 6) is 0.829. The normalized spacial score (nSPS) is 30.3. The summed E-state index contributed by atoms with van der Waals surface area (Å²) in [6.45, 7) is 10.6. The molecule has 2 rings (SSSR count). The highest BCUT2D eigenvalue weighted by Gasteiger charge is 2.30. The van der Waals surface area contributed by atoms with Gasteiger partial charge in [0.25, 0.3) is 0 Å². The Balaban J connectivity index is 1.60. The molecule has 3 heteroatoms. The molecule has 1 saturated carbocycles. The van der Waals surface area contributed by atoms with Gasteiger partial charge in [-0.05, 0) is 62.9 Å². The third kappa shape index (κ3) is 5.88. The molecule has 1 aliphatic heterocycles. The quantitative estimate of drug-likeness (QED) is 0.843. The molecule has 0 spiro atoms. The van der Waals surface area contributed by atoms with Crippen molar-refractivity contribution in [3.05, 3.63) is 0 Å². The van der Waals surface area contributed by atoms with Crippen molar-refractivity contribution >= 4 is 0 Å². The van der Waals surface area contributed by atoms with E-state index in [4.69, 9.17) is 4.74 Å². The molecule has 0 amide bonds. The van der Waals surface area contributed by atoms with Crippen LogP contribution in [0.25, 0.3) is 0 Å². The maximum atomic E-state index is 10.1. The van der Waals surface area contributed by atoms with E-state index in [2.05, 4.69) is 25.7 Å². The molecule has 2 fully saturated rings. The van der Waals surface area contributed by atoms with Crippen LogP contribution in [0.1, 0.15) is 65.7 Å². The van der Waals surface area contributed by atoms with E-state index in [1.807, 2.05) is 0 Å². The number of hydrogen-bond acceptors (Lipinski definition) is 3. The molecule has 1 aliphatic carbocycles. The molecular weight excluding hydrogens is 262 g/mol.